The Morgan fingerprint density at radius 1 is 1.22 bits per heavy atom. The third kappa shape index (κ3) is 4.02. The maximum Gasteiger partial charge on any atom is 0.338 e. The van der Waals surface area contributed by atoms with E-state index in [1.165, 1.54) is 21.8 Å². The van der Waals surface area contributed by atoms with Crippen molar-refractivity contribution in [3.8, 4) is 0 Å². The van der Waals surface area contributed by atoms with Crippen LogP contribution < -0.4 is 10.9 Å². The average Bonchev–Trinajstić information content (AvgIpc) is 3.04. The molecule has 2 heterocycles. The summed E-state index contributed by atoms with van der Waals surface area (Å²) in [7, 11) is 1.71. The molecule has 2 aromatic heterocycles. The van der Waals surface area contributed by atoms with Crippen LogP contribution in [-0.4, -0.2) is 37.8 Å². The Kier molecular flexibility index (Phi) is 5.30. The second-order valence-corrected chi connectivity index (χ2v) is 5.84. The number of rotatable bonds is 6. The maximum absolute atomic E-state index is 12.4. The van der Waals surface area contributed by atoms with Crippen molar-refractivity contribution in [2.24, 2.45) is 7.05 Å². The van der Waals surface area contributed by atoms with Gasteiger partial charge < -0.3 is 10.1 Å². The van der Waals surface area contributed by atoms with Crippen LogP contribution in [0.1, 0.15) is 23.7 Å². The number of carbonyl (C=O) groups is 2. The summed E-state index contributed by atoms with van der Waals surface area (Å²) in [5, 5.41) is 7.15. The molecular weight excluding hydrogens is 350 g/mol. The maximum atomic E-state index is 12.4. The van der Waals surface area contributed by atoms with Crippen molar-refractivity contribution in [1.82, 2.24) is 19.3 Å². The molecule has 1 amide bonds. The van der Waals surface area contributed by atoms with Crippen LogP contribution >= 0.6 is 0 Å². The summed E-state index contributed by atoms with van der Waals surface area (Å²) >= 11 is 0. The van der Waals surface area contributed by atoms with Crippen molar-refractivity contribution in [1.29, 1.82) is 0 Å². The zero-order valence-corrected chi connectivity index (χ0v) is 15.0. The van der Waals surface area contributed by atoms with Gasteiger partial charge in [0, 0.05) is 25.7 Å². The van der Waals surface area contributed by atoms with Gasteiger partial charge in [0.15, 0.2) is 5.65 Å². The standard InChI is InChI=1S/C18H19N5O4/c1-3-27-18(26)12-4-6-13(7-5-12)21-15(24)8-9-23-11-19-16-14(17(23)25)10-20-22(16)2/h4-7,10-11H,3,8-9H2,1-2H3,(H,21,24). The van der Waals surface area contributed by atoms with Gasteiger partial charge in [-0.1, -0.05) is 0 Å². The van der Waals surface area contributed by atoms with E-state index in [9.17, 15) is 14.4 Å². The molecule has 0 aliphatic heterocycles. The normalized spacial score (nSPS) is 10.7. The molecule has 1 aromatic carbocycles. The van der Waals surface area contributed by atoms with Crippen LogP contribution in [0.25, 0.3) is 11.0 Å². The molecule has 0 atom stereocenters. The Balaban J connectivity index is 1.61. The van der Waals surface area contributed by atoms with E-state index < -0.39 is 5.97 Å². The number of ether oxygens (including phenoxy) is 1. The third-order valence-corrected chi connectivity index (χ3v) is 3.98. The van der Waals surface area contributed by atoms with Gasteiger partial charge in [-0.25, -0.2) is 9.78 Å². The number of fused-ring (bicyclic) bond motifs is 1. The molecule has 0 radical (unpaired) electrons. The van der Waals surface area contributed by atoms with Crippen LogP contribution in [0, 0.1) is 0 Å². The molecule has 1 N–H and O–H groups in total. The highest BCUT2D eigenvalue weighted by Crippen LogP contribution is 2.11. The molecule has 0 saturated carbocycles. The first kappa shape index (κ1) is 18.3. The number of carbonyl (C=O) groups excluding carboxylic acids is 2. The fourth-order valence-electron chi connectivity index (χ4n) is 2.58. The SMILES string of the molecule is CCOC(=O)c1ccc(NC(=O)CCn2cnc3c(cnn3C)c2=O)cc1. The molecule has 3 aromatic rings. The molecule has 0 bridgehead atoms. The van der Waals surface area contributed by atoms with Crippen LogP contribution in [0.3, 0.4) is 0 Å². The molecule has 0 saturated heterocycles. The predicted octanol–water partition coefficient (Wildman–Crippen LogP) is 1.34. The van der Waals surface area contributed by atoms with Crippen molar-refractivity contribution >= 4 is 28.6 Å². The monoisotopic (exact) mass is 369 g/mol. The Labute approximate surface area is 154 Å². The van der Waals surface area contributed by atoms with Crippen molar-refractivity contribution in [3.63, 3.8) is 0 Å². The van der Waals surface area contributed by atoms with Gasteiger partial charge >= 0.3 is 5.97 Å². The summed E-state index contributed by atoms with van der Waals surface area (Å²) in [5.74, 6) is -0.662. The van der Waals surface area contributed by atoms with Gasteiger partial charge in [0.05, 0.1) is 24.7 Å². The average molecular weight is 369 g/mol. The lowest BCUT2D eigenvalue weighted by Crippen LogP contribution is -2.23. The molecule has 0 fully saturated rings. The Hall–Kier alpha value is -3.49. The number of esters is 1. The summed E-state index contributed by atoms with van der Waals surface area (Å²) in [6.07, 6.45) is 2.98. The largest absolute Gasteiger partial charge is 0.462 e. The molecule has 27 heavy (non-hydrogen) atoms. The first-order valence-corrected chi connectivity index (χ1v) is 8.43. The van der Waals surface area contributed by atoms with Gasteiger partial charge in [0.1, 0.15) is 5.39 Å². The van der Waals surface area contributed by atoms with Gasteiger partial charge in [0.25, 0.3) is 5.56 Å². The number of nitrogens with one attached hydrogen (secondary N) is 1. The quantitative estimate of drug-likeness (QED) is 0.657. The predicted molar refractivity (Wildman–Crippen MR) is 98.4 cm³/mol. The lowest BCUT2D eigenvalue weighted by Gasteiger charge is -2.08. The Morgan fingerprint density at radius 2 is 1.96 bits per heavy atom. The number of aryl methyl sites for hydroxylation is 2. The fourth-order valence-corrected chi connectivity index (χ4v) is 2.58. The van der Waals surface area contributed by atoms with Gasteiger partial charge in [-0.15, -0.1) is 0 Å². The minimum Gasteiger partial charge on any atom is -0.462 e. The van der Waals surface area contributed by atoms with E-state index >= 15 is 0 Å². The number of nitrogens with zero attached hydrogens (tertiary/aromatic N) is 4. The highest BCUT2D eigenvalue weighted by Gasteiger charge is 2.10. The minimum absolute atomic E-state index is 0.104. The topological polar surface area (TPSA) is 108 Å². The van der Waals surface area contributed by atoms with Gasteiger partial charge in [-0.3, -0.25) is 18.8 Å². The van der Waals surface area contributed by atoms with Gasteiger partial charge in [-0.05, 0) is 31.2 Å². The summed E-state index contributed by atoms with van der Waals surface area (Å²) < 4.78 is 7.81. The highest BCUT2D eigenvalue weighted by molar-refractivity contribution is 5.93. The summed E-state index contributed by atoms with van der Waals surface area (Å²) in [6.45, 7) is 2.24. The van der Waals surface area contributed by atoms with Crippen LogP contribution in [0.4, 0.5) is 5.69 Å². The van der Waals surface area contributed by atoms with Crippen molar-refractivity contribution < 1.29 is 14.3 Å². The van der Waals surface area contributed by atoms with Crippen molar-refractivity contribution in [2.75, 3.05) is 11.9 Å². The molecular formula is C18H19N5O4. The smallest absolute Gasteiger partial charge is 0.338 e. The number of amides is 1. The zero-order chi connectivity index (χ0) is 19.4. The fraction of sp³-hybridized carbons (Fsp3) is 0.278. The number of anilines is 1. The van der Waals surface area contributed by atoms with Gasteiger partial charge in [-0.2, -0.15) is 5.10 Å². The lowest BCUT2D eigenvalue weighted by molar-refractivity contribution is -0.116. The highest BCUT2D eigenvalue weighted by atomic mass is 16.5. The van der Waals surface area contributed by atoms with E-state index in [1.54, 1.807) is 38.2 Å². The first-order chi connectivity index (χ1) is 13.0. The molecule has 0 aliphatic carbocycles. The molecule has 9 nitrogen and oxygen atoms in total. The number of hydrogen-bond acceptors (Lipinski definition) is 6. The zero-order valence-electron chi connectivity index (χ0n) is 15.0. The molecule has 0 unspecified atom stereocenters. The van der Waals surface area contributed by atoms with E-state index in [2.05, 4.69) is 15.4 Å². The van der Waals surface area contributed by atoms with Crippen LogP contribution in [0.15, 0.2) is 41.6 Å². The van der Waals surface area contributed by atoms with Crippen LogP contribution in [0.2, 0.25) is 0 Å². The van der Waals surface area contributed by atoms with E-state index in [0.717, 1.165) is 0 Å². The number of aromatic nitrogens is 4. The Bertz CT molecular complexity index is 1040. The molecule has 0 aliphatic rings. The van der Waals surface area contributed by atoms with Crippen LogP contribution in [0.5, 0.6) is 0 Å². The molecule has 140 valence electrons. The second-order valence-electron chi connectivity index (χ2n) is 5.84. The number of hydrogen-bond donors (Lipinski definition) is 1. The van der Waals surface area contributed by atoms with Gasteiger partial charge in [0.2, 0.25) is 5.91 Å². The van der Waals surface area contributed by atoms with Crippen molar-refractivity contribution in [2.45, 2.75) is 19.9 Å². The summed E-state index contributed by atoms with van der Waals surface area (Å²) in [4.78, 5) is 40.3. The van der Waals surface area contributed by atoms with Crippen LogP contribution in [-0.2, 0) is 23.1 Å². The van der Waals surface area contributed by atoms with E-state index in [1.807, 2.05) is 0 Å². The summed E-state index contributed by atoms with van der Waals surface area (Å²) in [6, 6.07) is 6.41. The summed E-state index contributed by atoms with van der Waals surface area (Å²) in [5.41, 5.74) is 1.24. The lowest BCUT2D eigenvalue weighted by atomic mass is 10.2. The molecule has 0 spiro atoms. The van der Waals surface area contributed by atoms with E-state index in [0.29, 0.717) is 28.9 Å². The minimum atomic E-state index is -0.409. The second kappa shape index (κ2) is 7.81. The third-order valence-electron chi connectivity index (χ3n) is 3.98. The first-order valence-electron chi connectivity index (χ1n) is 8.43. The van der Waals surface area contributed by atoms with E-state index in [-0.39, 0.29) is 24.4 Å². The molecule has 9 heteroatoms. The Morgan fingerprint density at radius 3 is 2.67 bits per heavy atom. The molecule has 3 rings (SSSR count). The van der Waals surface area contributed by atoms with E-state index in [4.69, 9.17) is 4.74 Å². The number of benzene rings is 1. The van der Waals surface area contributed by atoms with Crippen molar-refractivity contribution in [3.05, 3.63) is 52.7 Å².